The lowest BCUT2D eigenvalue weighted by Gasteiger charge is -2.35. The number of amides is 3. The molecule has 2 aromatic rings. The highest BCUT2D eigenvalue weighted by Gasteiger charge is 2.46. The van der Waals surface area contributed by atoms with Crippen LogP contribution in [-0.4, -0.2) is 45.1 Å². The van der Waals surface area contributed by atoms with Gasteiger partial charge in [-0.1, -0.05) is 18.2 Å². The third kappa shape index (κ3) is 3.16. The maximum Gasteiger partial charge on any atom is 0.350 e. The van der Waals surface area contributed by atoms with Gasteiger partial charge in [-0.3, -0.25) is 9.69 Å². The molecule has 0 spiro atoms. The van der Waals surface area contributed by atoms with Crippen LogP contribution in [0, 0.1) is 0 Å². The summed E-state index contributed by atoms with van der Waals surface area (Å²) in [5.41, 5.74) is 1.51. The van der Waals surface area contributed by atoms with Gasteiger partial charge in [-0.15, -0.1) is 0 Å². The molecule has 2 aromatic carbocycles. The first kappa shape index (κ1) is 18.8. The number of aliphatic imine (C=N–C) groups is 1. The smallest absolute Gasteiger partial charge is 0.350 e. The first-order valence-corrected chi connectivity index (χ1v) is 9.14. The molecule has 1 saturated heterocycles. The standard InChI is InChI=1S/C21H21N3O5/c1-27-15-9-12(10-16(28-2)19(15)29-3)14-11-17(25)22-20-18(14)24(21(26)23-20)13-7-5-4-6-8-13/h4-10,14,18H,11H2,1-3H3,(H,22,23,25,26)/t14-,18+/m1/s1. The van der Waals surface area contributed by atoms with Crippen LogP contribution in [0.1, 0.15) is 17.9 Å². The van der Waals surface area contributed by atoms with Crippen molar-refractivity contribution in [3.05, 3.63) is 48.0 Å². The van der Waals surface area contributed by atoms with E-state index in [1.807, 2.05) is 42.5 Å². The summed E-state index contributed by atoms with van der Waals surface area (Å²) in [5.74, 6) is 1.28. The Hall–Kier alpha value is -3.55. The van der Waals surface area contributed by atoms with E-state index in [2.05, 4.69) is 10.3 Å². The average molecular weight is 395 g/mol. The highest BCUT2D eigenvalue weighted by molar-refractivity contribution is 6.19. The molecule has 0 bridgehead atoms. The van der Waals surface area contributed by atoms with Crippen molar-refractivity contribution >= 4 is 23.5 Å². The second-order valence-corrected chi connectivity index (χ2v) is 6.75. The molecule has 3 amide bonds. The molecule has 150 valence electrons. The van der Waals surface area contributed by atoms with Crippen molar-refractivity contribution < 1.29 is 23.8 Å². The molecule has 29 heavy (non-hydrogen) atoms. The van der Waals surface area contributed by atoms with Crippen molar-refractivity contribution in [3.8, 4) is 17.2 Å². The van der Waals surface area contributed by atoms with Gasteiger partial charge in [0.05, 0.1) is 21.3 Å². The number of ether oxygens (including phenoxy) is 3. The summed E-state index contributed by atoms with van der Waals surface area (Å²) in [7, 11) is 4.61. The molecule has 0 aliphatic carbocycles. The highest BCUT2D eigenvalue weighted by atomic mass is 16.5. The van der Waals surface area contributed by atoms with Crippen LogP contribution >= 0.6 is 0 Å². The van der Waals surface area contributed by atoms with Gasteiger partial charge in [0, 0.05) is 18.0 Å². The Morgan fingerprint density at radius 2 is 1.66 bits per heavy atom. The highest BCUT2D eigenvalue weighted by Crippen LogP contribution is 2.44. The molecule has 4 rings (SSSR count). The normalized spacial score (nSPS) is 20.7. The van der Waals surface area contributed by atoms with Crippen LogP contribution in [-0.2, 0) is 4.79 Å². The molecule has 2 aliphatic heterocycles. The second-order valence-electron chi connectivity index (χ2n) is 6.75. The second kappa shape index (κ2) is 7.46. The quantitative estimate of drug-likeness (QED) is 0.841. The molecule has 8 heteroatoms. The third-order valence-corrected chi connectivity index (χ3v) is 5.18. The van der Waals surface area contributed by atoms with Crippen LogP contribution in [0.25, 0.3) is 0 Å². The van der Waals surface area contributed by atoms with E-state index in [0.717, 1.165) is 11.3 Å². The van der Waals surface area contributed by atoms with Crippen LogP contribution in [0.4, 0.5) is 10.5 Å². The number of methoxy groups -OCH3 is 3. The van der Waals surface area contributed by atoms with Gasteiger partial charge in [0.2, 0.25) is 11.7 Å². The van der Waals surface area contributed by atoms with E-state index < -0.39 is 12.1 Å². The van der Waals surface area contributed by atoms with E-state index in [-0.39, 0.29) is 18.2 Å². The zero-order chi connectivity index (χ0) is 20.5. The van der Waals surface area contributed by atoms with Gasteiger partial charge in [0.15, 0.2) is 11.5 Å². The van der Waals surface area contributed by atoms with Gasteiger partial charge >= 0.3 is 6.03 Å². The van der Waals surface area contributed by atoms with E-state index in [0.29, 0.717) is 23.1 Å². The topological polar surface area (TPSA) is 89.5 Å². The summed E-state index contributed by atoms with van der Waals surface area (Å²) in [4.78, 5) is 30.8. The molecular formula is C21H21N3O5. The molecule has 8 nitrogen and oxygen atoms in total. The van der Waals surface area contributed by atoms with Crippen LogP contribution < -0.4 is 24.4 Å². The molecule has 0 radical (unpaired) electrons. The number of benzene rings is 2. The number of urea groups is 1. The minimum absolute atomic E-state index is 0.193. The van der Waals surface area contributed by atoms with Crippen LogP contribution in [0.5, 0.6) is 17.2 Å². The number of rotatable bonds is 5. The minimum atomic E-state index is -0.439. The number of nitrogens with one attached hydrogen (secondary N) is 1. The Labute approximate surface area is 168 Å². The van der Waals surface area contributed by atoms with Gasteiger partial charge < -0.3 is 19.5 Å². The predicted octanol–water partition coefficient (Wildman–Crippen LogP) is 2.72. The number of nitrogens with zero attached hydrogens (tertiary/aromatic N) is 2. The Morgan fingerprint density at radius 3 is 2.24 bits per heavy atom. The van der Waals surface area contributed by atoms with E-state index in [4.69, 9.17) is 14.2 Å². The fourth-order valence-electron chi connectivity index (χ4n) is 3.92. The number of fused-ring (bicyclic) bond motifs is 1. The largest absolute Gasteiger partial charge is 0.493 e. The lowest BCUT2D eigenvalue weighted by Crippen LogP contribution is -2.53. The number of carbonyl (C=O) groups is 2. The fraction of sp³-hybridized carbons (Fsp3) is 0.286. The number of hydrogen-bond acceptors (Lipinski definition) is 5. The molecular weight excluding hydrogens is 374 g/mol. The number of anilines is 1. The molecule has 2 heterocycles. The van der Waals surface area contributed by atoms with Gasteiger partial charge in [0.25, 0.3) is 0 Å². The Balaban J connectivity index is 1.83. The average Bonchev–Trinajstić information content (AvgIpc) is 3.07. The summed E-state index contributed by atoms with van der Waals surface area (Å²) < 4.78 is 16.3. The maximum atomic E-state index is 12.7. The van der Waals surface area contributed by atoms with E-state index in [1.54, 1.807) is 4.90 Å². The molecule has 0 aromatic heterocycles. The van der Waals surface area contributed by atoms with Crippen molar-refractivity contribution in [1.82, 2.24) is 5.32 Å². The number of amidine groups is 1. The predicted molar refractivity (Wildman–Crippen MR) is 107 cm³/mol. The summed E-state index contributed by atoms with van der Waals surface area (Å²) in [6.07, 6.45) is 0.193. The number of hydrogen-bond donors (Lipinski definition) is 1. The van der Waals surface area contributed by atoms with E-state index >= 15 is 0 Å². The van der Waals surface area contributed by atoms with E-state index in [1.165, 1.54) is 21.3 Å². The van der Waals surface area contributed by atoms with Gasteiger partial charge in [-0.2, -0.15) is 4.99 Å². The first-order valence-electron chi connectivity index (χ1n) is 9.14. The first-order chi connectivity index (χ1) is 14.1. The third-order valence-electron chi connectivity index (χ3n) is 5.18. The molecule has 0 saturated carbocycles. The van der Waals surface area contributed by atoms with Crippen LogP contribution in [0.15, 0.2) is 47.5 Å². The number of piperidine rings is 1. The Bertz CT molecular complexity index is 964. The van der Waals surface area contributed by atoms with Gasteiger partial charge in [0.1, 0.15) is 11.9 Å². The zero-order valence-corrected chi connectivity index (χ0v) is 16.3. The summed E-state index contributed by atoms with van der Waals surface area (Å²) in [6, 6.07) is 12.1. The summed E-state index contributed by atoms with van der Waals surface area (Å²) in [5, 5.41) is 2.75. The number of carbonyl (C=O) groups excluding carboxylic acids is 2. The summed E-state index contributed by atoms with van der Waals surface area (Å²) >= 11 is 0. The van der Waals surface area contributed by atoms with Gasteiger partial charge in [-0.25, -0.2) is 4.79 Å². The van der Waals surface area contributed by atoms with Crippen LogP contribution in [0.2, 0.25) is 0 Å². The Morgan fingerprint density at radius 1 is 1.00 bits per heavy atom. The van der Waals surface area contributed by atoms with Crippen molar-refractivity contribution in [2.24, 2.45) is 4.99 Å². The molecule has 0 unspecified atom stereocenters. The zero-order valence-electron chi connectivity index (χ0n) is 16.3. The summed E-state index contributed by atoms with van der Waals surface area (Å²) in [6.45, 7) is 0. The van der Waals surface area contributed by atoms with E-state index in [9.17, 15) is 9.59 Å². The molecule has 2 atom stereocenters. The lowest BCUT2D eigenvalue weighted by atomic mass is 9.84. The molecule has 1 fully saturated rings. The number of para-hydroxylation sites is 1. The van der Waals surface area contributed by atoms with Crippen molar-refractivity contribution in [3.63, 3.8) is 0 Å². The van der Waals surface area contributed by atoms with Crippen molar-refractivity contribution in [2.75, 3.05) is 26.2 Å². The SMILES string of the molecule is COc1cc([C@H]2CC(=O)NC3=NC(=O)N(c4ccccc4)[C@H]32)cc(OC)c1OC. The van der Waals surface area contributed by atoms with Crippen molar-refractivity contribution in [1.29, 1.82) is 0 Å². The van der Waals surface area contributed by atoms with Crippen LogP contribution in [0.3, 0.4) is 0 Å². The molecule has 1 N–H and O–H groups in total. The van der Waals surface area contributed by atoms with Crippen molar-refractivity contribution in [2.45, 2.75) is 18.4 Å². The van der Waals surface area contributed by atoms with Gasteiger partial charge in [-0.05, 0) is 29.8 Å². The lowest BCUT2D eigenvalue weighted by molar-refractivity contribution is -0.120. The minimum Gasteiger partial charge on any atom is -0.493 e. The fourth-order valence-corrected chi connectivity index (χ4v) is 3.92. The Kier molecular flexibility index (Phi) is 4.84. The maximum absolute atomic E-state index is 12.7. The monoisotopic (exact) mass is 395 g/mol. The molecule has 2 aliphatic rings.